The summed E-state index contributed by atoms with van der Waals surface area (Å²) in [5, 5.41) is 12.8. The molecule has 1 aliphatic rings. The second-order valence-corrected chi connectivity index (χ2v) is 6.95. The third-order valence-electron chi connectivity index (χ3n) is 3.47. The monoisotopic (exact) mass is 298 g/mol. The molecule has 1 aromatic rings. The predicted molar refractivity (Wildman–Crippen MR) is 77.9 cm³/mol. The van der Waals surface area contributed by atoms with Crippen LogP contribution in [0.5, 0.6) is 0 Å². The Bertz CT molecular complexity index is 453. The van der Waals surface area contributed by atoms with E-state index in [9.17, 15) is 4.79 Å². The molecule has 5 nitrogen and oxygen atoms in total. The molecule has 0 aliphatic carbocycles. The largest absolute Gasteiger partial charge is 0.396 e. The molecule has 1 atom stereocenters. The quantitative estimate of drug-likeness (QED) is 0.844. The van der Waals surface area contributed by atoms with E-state index in [4.69, 9.17) is 9.84 Å². The normalized spacial score (nSPS) is 19.2. The molecule has 0 bridgehead atoms. The minimum Gasteiger partial charge on any atom is -0.396 e. The maximum atomic E-state index is 12.1. The van der Waals surface area contributed by atoms with Gasteiger partial charge in [0.1, 0.15) is 16.0 Å². The van der Waals surface area contributed by atoms with Gasteiger partial charge in [0.15, 0.2) is 0 Å². The lowest BCUT2D eigenvalue weighted by Crippen LogP contribution is -2.34. The first-order valence-corrected chi connectivity index (χ1v) is 7.80. The molecule has 6 heteroatoms. The fourth-order valence-electron chi connectivity index (χ4n) is 2.11. The molecular weight excluding hydrogens is 276 g/mol. The number of ether oxygens (including phenoxy) is 1. The lowest BCUT2D eigenvalue weighted by molar-refractivity contribution is 0.0932. The molecule has 1 aromatic heterocycles. The summed E-state index contributed by atoms with van der Waals surface area (Å²) >= 11 is 1.40. The number of hydrogen-bond acceptors (Lipinski definition) is 5. The third-order valence-corrected chi connectivity index (χ3v) is 4.56. The summed E-state index contributed by atoms with van der Waals surface area (Å²) in [5.41, 5.74) is -0.105. The molecule has 2 heterocycles. The molecule has 1 unspecified atom stereocenters. The van der Waals surface area contributed by atoms with Crippen LogP contribution in [0.2, 0.25) is 0 Å². The van der Waals surface area contributed by atoms with Gasteiger partial charge < -0.3 is 15.2 Å². The second-order valence-electron chi connectivity index (χ2n) is 5.88. The second kappa shape index (κ2) is 6.65. The SMILES string of the molecule is CC(C)(CCO)CNC(=O)c1cnc(C2CCCO2)s1. The Morgan fingerprint density at radius 2 is 2.45 bits per heavy atom. The number of carbonyl (C=O) groups is 1. The Labute approximate surface area is 123 Å². The van der Waals surface area contributed by atoms with Crippen molar-refractivity contribution in [2.45, 2.75) is 39.2 Å². The maximum Gasteiger partial charge on any atom is 0.263 e. The molecule has 20 heavy (non-hydrogen) atoms. The lowest BCUT2D eigenvalue weighted by Gasteiger charge is -2.23. The average molecular weight is 298 g/mol. The fourth-order valence-corrected chi connectivity index (χ4v) is 3.03. The molecule has 1 fully saturated rings. The Kier molecular flexibility index (Phi) is 5.12. The molecule has 0 aromatic carbocycles. The Balaban J connectivity index is 1.89. The molecule has 112 valence electrons. The zero-order chi connectivity index (χ0) is 14.6. The van der Waals surface area contributed by atoms with E-state index in [1.165, 1.54) is 11.3 Å². The van der Waals surface area contributed by atoms with Crippen LogP contribution in [0, 0.1) is 5.41 Å². The number of hydrogen-bond donors (Lipinski definition) is 2. The van der Waals surface area contributed by atoms with Gasteiger partial charge in [0.05, 0.1) is 6.20 Å². The van der Waals surface area contributed by atoms with Gasteiger partial charge in [0, 0.05) is 19.8 Å². The molecule has 2 rings (SSSR count). The highest BCUT2D eigenvalue weighted by Crippen LogP contribution is 2.31. The van der Waals surface area contributed by atoms with Crippen molar-refractivity contribution in [1.29, 1.82) is 0 Å². The molecule has 2 N–H and O–H groups in total. The van der Waals surface area contributed by atoms with Crippen molar-refractivity contribution in [3.05, 3.63) is 16.1 Å². The van der Waals surface area contributed by atoms with Crippen molar-refractivity contribution >= 4 is 17.2 Å². The number of rotatable bonds is 6. The number of amides is 1. The van der Waals surface area contributed by atoms with Crippen molar-refractivity contribution in [3.63, 3.8) is 0 Å². The summed E-state index contributed by atoms with van der Waals surface area (Å²) in [5.74, 6) is -0.0993. The van der Waals surface area contributed by atoms with E-state index in [1.54, 1.807) is 6.20 Å². The van der Waals surface area contributed by atoms with E-state index in [-0.39, 0.29) is 24.0 Å². The molecule has 1 aliphatic heterocycles. The van der Waals surface area contributed by atoms with E-state index in [2.05, 4.69) is 10.3 Å². The van der Waals surface area contributed by atoms with Crippen LogP contribution in [0.25, 0.3) is 0 Å². The van der Waals surface area contributed by atoms with Gasteiger partial charge in [-0.2, -0.15) is 0 Å². The van der Waals surface area contributed by atoms with Crippen LogP contribution in [-0.4, -0.2) is 35.8 Å². The van der Waals surface area contributed by atoms with Crippen LogP contribution >= 0.6 is 11.3 Å². The van der Waals surface area contributed by atoms with E-state index >= 15 is 0 Å². The van der Waals surface area contributed by atoms with E-state index in [1.807, 2.05) is 13.8 Å². The minimum absolute atomic E-state index is 0.0624. The molecule has 0 spiro atoms. The zero-order valence-electron chi connectivity index (χ0n) is 12.0. The zero-order valence-corrected chi connectivity index (χ0v) is 12.8. The minimum atomic E-state index is -0.105. The standard InChI is InChI=1S/C14H22N2O3S/c1-14(2,5-6-17)9-16-12(18)11-8-15-13(20-11)10-4-3-7-19-10/h8,10,17H,3-7,9H2,1-2H3,(H,16,18). The maximum absolute atomic E-state index is 12.1. The first kappa shape index (κ1) is 15.4. The van der Waals surface area contributed by atoms with E-state index in [0.717, 1.165) is 24.5 Å². The van der Waals surface area contributed by atoms with Crippen LogP contribution in [0.1, 0.15) is 53.9 Å². The summed E-state index contributed by atoms with van der Waals surface area (Å²) in [6.45, 7) is 5.50. The summed E-state index contributed by atoms with van der Waals surface area (Å²) < 4.78 is 5.57. The molecule has 0 radical (unpaired) electrons. The van der Waals surface area contributed by atoms with E-state index in [0.29, 0.717) is 17.8 Å². The molecule has 1 saturated heterocycles. The highest BCUT2D eigenvalue weighted by Gasteiger charge is 2.23. The summed E-state index contributed by atoms with van der Waals surface area (Å²) in [7, 11) is 0. The van der Waals surface area contributed by atoms with Gasteiger partial charge in [0.2, 0.25) is 0 Å². The van der Waals surface area contributed by atoms with Crippen molar-refractivity contribution in [1.82, 2.24) is 10.3 Å². The number of aliphatic hydroxyl groups excluding tert-OH is 1. The number of aliphatic hydroxyl groups is 1. The van der Waals surface area contributed by atoms with Gasteiger partial charge in [-0.15, -0.1) is 11.3 Å². The number of nitrogens with zero attached hydrogens (tertiary/aromatic N) is 1. The van der Waals surface area contributed by atoms with Gasteiger partial charge >= 0.3 is 0 Å². The highest BCUT2D eigenvalue weighted by atomic mass is 32.1. The van der Waals surface area contributed by atoms with E-state index < -0.39 is 0 Å². The van der Waals surface area contributed by atoms with Crippen LogP contribution in [0.4, 0.5) is 0 Å². The van der Waals surface area contributed by atoms with Crippen LogP contribution in [0.15, 0.2) is 6.20 Å². The Morgan fingerprint density at radius 3 is 3.10 bits per heavy atom. The number of nitrogens with one attached hydrogen (secondary N) is 1. The first-order valence-electron chi connectivity index (χ1n) is 6.98. The number of carbonyl (C=O) groups excluding carboxylic acids is 1. The van der Waals surface area contributed by atoms with Gasteiger partial charge in [-0.25, -0.2) is 4.98 Å². The van der Waals surface area contributed by atoms with Gasteiger partial charge in [-0.1, -0.05) is 13.8 Å². The van der Waals surface area contributed by atoms with Crippen molar-refractivity contribution in [2.75, 3.05) is 19.8 Å². The third kappa shape index (κ3) is 4.01. The first-order chi connectivity index (χ1) is 9.52. The van der Waals surface area contributed by atoms with Crippen LogP contribution in [0.3, 0.4) is 0 Å². The smallest absolute Gasteiger partial charge is 0.263 e. The van der Waals surface area contributed by atoms with Crippen LogP contribution in [-0.2, 0) is 4.74 Å². The van der Waals surface area contributed by atoms with Gasteiger partial charge in [0.25, 0.3) is 5.91 Å². The summed E-state index contributed by atoms with van der Waals surface area (Å²) in [4.78, 5) is 17.0. The highest BCUT2D eigenvalue weighted by molar-refractivity contribution is 7.13. The molecule has 0 saturated carbocycles. The van der Waals surface area contributed by atoms with Crippen molar-refractivity contribution in [2.24, 2.45) is 5.41 Å². The van der Waals surface area contributed by atoms with Gasteiger partial charge in [-0.05, 0) is 24.7 Å². The van der Waals surface area contributed by atoms with Gasteiger partial charge in [-0.3, -0.25) is 4.79 Å². The van der Waals surface area contributed by atoms with Crippen LogP contribution < -0.4 is 5.32 Å². The summed E-state index contributed by atoms with van der Waals surface area (Å²) in [6, 6.07) is 0. The molecular formula is C14H22N2O3S. The number of aromatic nitrogens is 1. The lowest BCUT2D eigenvalue weighted by atomic mass is 9.90. The predicted octanol–water partition coefficient (Wildman–Crippen LogP) is 2.13. The van der Waals surface area contributed by atoms with Crippen molar-refractivity contribution < 1.29 is 14.6 Å². The van der Waals surface area contributed by atoms with Crippen molar-refractivity contribution in [3.8, 4) is 0 Å². The topological polar surface area (TPSA) is 71.5 Å². The average Bonchev–Trinajstić information content (AvgIpc) is 3.06. The Morgan fingerprint density at radius 1 is 1.65 bits per heavy atom. The summed E-state index contributed by atoms with van der Waals surface area (Å²) in [6.07, 6.45) is 4.39. The Hall–Kier alpha value is -0.980. The fraction of sp³-hybridized carbons (Fsp3) is 0.714. The number of thiazole rings is 1. The molecule has 1 amide bonds.